The number of nitrogens with zero attached hydrogens (tertiary/aromatic N) is 2. The fourth-order valence-electron chi connectivity index (χ4n) is 2.02. The predicted molar refractivity (Wildman–Crippen MR) is 79.7 cm³/mol. The molecule has 0 amide bonds. The lowest BCUT2D eigenvalue weighted by molar-refractivity contribution is 0.638. The van der Waals surface area contributed by atoms with E-state index in [0.29, 0.717) is 10.0 Å². The van der Waals surface area contributed by atoms with Crippen molar-refractivity contribution in [1.29, 1.82) is 0 Å². The van der Waals surface area contributed by atoms with Gasteiger partial charge in [0.05, 0.1) is 15.7 Å². The van der Waals surface area contributed by atoms with Gasteiger partial charge >= 0.3 is 0 Å². The van der Waals surface area contributed by atoms with Gasteiger partial charge in [0.15, 0.2) is 0 Å². The van der Waals surface area contributed by atoms with Crippen LogP contribution < -0.4 is 5.73 Å². The van der Waals surface area contributed by atoms with Crippen molar-refractivity contribution in [2.24, 2.45) is 12.8 Å². The Bertz CT molecular complexity index is 578. The maximum atomic E-state index is 6.22. The van der Waals surface area contributed by atoms with Crippen molar-refractivity contribution in [1.82, 2.24) is 9.78 Å². The van der Waals surface area contributed by atoms with Crippen molar-refractivity contribution in [3.8, 4) is 0 Å². The van der Waals surface area contributed by atoms with Gasteiger partial charge < -0.3 is 5.73 Å². The molecule has 0 aliphatic heterocycles. The van der Waals surface area contributed by atoms with Gasteiger partial charge in [-0.05, 0) is 30.2 Å². The van der Waals surface area contributed by atoms with E-state index in [4.69, 9.17) is 28.9 Å². The Morgan fingerprint density at radius 3 is 2.58 bits per heavy atom. The van der Waals surface area contributed by atoms with Gasteiger partial charge in [0.25, 0.3) is 0 Å². The van der Waals surface area contributed by atoms with Crippen LogP contribution in [0.1, 0.15) is 29.9 Å². The first kappa shape index (κ1) is 14.4. The Hall–Kier alpha value is -1.03. The quantitative estimate of drug-likeness (QED) is 0.938. The summed E-state index contributed by atoms with van der Waals surface area (Å²) in [6, 6.07) is 7.49. The SMILES string of the molecule is CCc1cc(CC(N)c2ccc(Cl)c(Cl)c2)n(C)n1. The average Bonchev–Trinajstić information content (AvgIpc) is 2.73. The van der Waals surface area contributed by atoms with Crippen LogP contribution in [-0.4, -0.2) is 9.78 Å². The summed E-state index contributed by atoms with van der Waals surface area (Å²) in [6.45, 7) is 2.09. The normalized spacial score (nSPS) is 12.7. The number of aryl methyl sites for hydroxylation is 2. The second-order valence-electron chi connectivity index (χ2n) is 4.59. The molecule has 1 unspecified atom stereocenters. The van der Waals surface area contributed by atoms with Crippen molar-refractivity contribution in [3.05, 3.63) is 51.3 Å². The Balaban J connectivity index is 2.17. The van der Waals surface area contributed by atoms with Gasteiger partial charge in [0.2, 0.25) is 0 Å². The van der Waals surface area contributed by atoms with Gasteiger partial charge in [-0.3, -0.25) is 4.68 Å². The number of nitrogens with two attached hydrogens (primary N) is 1. The molecule has 0 saturated heterocycles. The molecule has 1 atom stereocenters. The molecule has 1 aromatic heterocycles. The van der Waals surface area contributed by atoms with Crippen LogP contribution in [0.4, 0.5) is 0 Å². The first-order chi connectivity index (χ1) is 9.01. The molecule has 1 heterocycles. The van der Waals surface area contributed by atoms with E-state index in [9.17, 15) is 0 Å². The van der Waals surface area contributed by atoms with Gasteiger partial charge in [-0.1, -0.05) is 36.2 Å². The summed E-state index contributed by atoms with van der Waals surface area (Å²) in [6.07, 6.45) is 1.65. The van der Waals surface area contributed by atoms with E-state index >= 15 is 0 Å². The summed E-state index contributed by atoms with van der Waals surface area (Å²) in [4.78, 5) is 0. The first-order valence-corrected chi connectivity index (χ1v) is 6.99. The predicted octanol–water partition coefficient (Wildman–Crippen LogP) is 3.53. The minimum Gasteiger partial charge on any atom is -0.324 e. The Morgan fingerprint density at radius 1 is 1.26 bits per heavy atom. The summed E-state index contributed by atoms with van der Waals surface area (Å²) in [5.74, 6) is 0. The number of benzene rings is 1. The molecule has 2 rings (SSSR count). The van der Waals surface area contributed by atoms with E-state index in [-0.39, 0.29) is 6.04 Å². The summed E-state index contributed by atoms with van der Waals surface area (Å²) in [5.41, 5.74) is 9.41. The fraction of sp³-hybridized carbons (Fsp3) is 0.357. The molecule has 0 fully saturated rings. The van der Waals surface area contributed by atoms with Gasteiger partial charge in [-0.2, -0.15) is 5.10 Å². The zero-order chi connectivity index (χ0) is 14.0. The van der Waals surface area contributed by atoms with Crippen LogP contribution in [0, 0.1) is 0 Å². The zero-order valence-corrected chi connectivity index (χ0v) is 12.5. The third-order valence-corrected chi connectivity index (χ3v) is 3.93. The molecular formula is C14H17Cl2N3. The highest BCUT2D eigenvalue weighted by Crippen LogP contribution is 2.26. The molecule has 3 nitrogen and oxygen atoms in total. The Labute approximate surface area is 123 Å². The molecule has 2 N–H and O–H groups in total. The maximum Gasteiger partial charge on any atom is 0.0624 e. The zero-order valence-electron chi connectivity index (χ0n) is 11.0. The summed E-state index contributed by atoms with van der Waals surface area (Å²) in [5, 5.41) is 5.51. The molecule has 0 bridgehead atoms. The highest BCUT2D eigenvalue weighted by Gasteiger charge is 2.12. The smallest absolute Gasteiger partial charge is 0.0624 e. The lowest BCUT2D eigenvalue weighted by Crippen LogP contribution is -2.15. The van der Waals surface area contributed by atoms with E-state index < -0.39 is 0 Å². The topological polar surface area (TPSA) is 43.8 Å². The van der Waals surface area contributed by atoms with Crippen LogP contribution >= 0.6 is 23.2 Å². The number of halogens is 2. The van der Waals surface area contributed by atoms with Crippen molar-refractivity contribution in [2.75, 3.05) is 0 Å². The maximum absolute atomic E-state index is 6.22. The minimum atomic E-state index is -0.116. The molecule has 5 heteroatoms. The third-order valence-electron chi connectivity index (χ3n) is 3.19. The van der Waals surface area contributed by atoms with Gasteiger partial charge in [0, 0.05) is 25.2 Å². The molecule has 2 aromatic rings. The van der Waals surface area contributed by atoms with Crippen LogP contribution in [0.3, 0.4) is 0 Å². The number of rotatable bonds is 4. The van der Waals surface area contributed by atoms with Crippen molar-refractivity contribution in [2.45, 2.75) is 25.8 Å². The van der Waals surface area contributed by atoms with E-state index in [0.717, 1.165) is 29.8 Å². The number of hydrogen-bond acceptors (Lipinski definition) is 2. The second-order valence-corrected chi connectivity index (χ2v) is 5.40. The van der Waals surface area contributed by atoms with E-state index in [2.05, 4.69) is 18.1 Å². The van der Waals surface area contributed by atoms with E-state index in [1.807, 2.05) is 23.9 Å². The summed E-state index contributed by atoms with van der Waals surface area (Å²) in [7, 11) is 1.94. The minimum absolute atomic E-state index is 0.116. The van der Waals surface area contributed by atoms with Crippen LogP contribution in [0.2, 0.25) is 10.0 Å². The van der Waals surface area contributed by atoms with Gasteiger partial charge in [0.1, 0.15) is 0 Å². The highest BCUT2D eigenvalue weighted by atomic mass is 35.5. The lowest BCUT2D eigenvalue weighted by Gasteiger charge is -2.13. The molecule has 102 valence electrons. The molecule has 0 aliphatic carbocycles. The fourth-order valence-corrected chi connectivity index (χ4v) is 2.33. The number of hydrogen-bond donors (Lipinski definition) is 1. The highest BCUT2D eigenvalue weighted by molar-refractivity contribution is 6.42. The second kappa shape index (κ2) is 5.95. The van der Waals surface area contributed by atoms with Gasteiger partial charge in [-0.25, -0.2) is 0 Å². The monoisotopic (exact) mass is 297 g/mol. The molecular weight excluding hydrogens is 281 g/mol. The number of aromatic nitrogens is 2. The summed E-state index contributed by atoms with van der Waals surface area (Å²) < 4.78 is 1.89. The molecule has 0 spiro atoms. The molecule has 0 saturated carbocycles. The largest absolute Gasteiger partial charge is 0.324 e. The third kappa shape index (κ3) is 3.30. The standard InChI is InChI=1S/C14H17Cl2N3/c1-3-10-7-11(19(2)18-10)8-14(17)9-4-5-12(15)13(16)6-9/h4-7,14H,3,8,17H2,1-2H3. The van der Waals surface area contributed by atoms with E-state index in [1.165, 1.54) is 0 Å². The molecule has 1 aromatic carbocycles. The van der Waals surface area contributed by atoms with E-state index in [1.54, 1.807) is 6.07 Å². The average molecular weight is 298 g/mol. The van der Waals surface area contributed by atoms with Crippen LogP contribution in [0.25, 0.3) is 0 Å². The Kier molecular flexibility index (Phi) is 4.50. The van der Waals surface area contributed by atoms with Crippen molar-refractivity contribution < 1.29 is 0 Å². The molecule has 0 aliphatic rings. The first-order valence-electron chi connectivity index (χ1n) is 6.23. The van der Waals surface area contributed by atoms with Crippen molar-refractivity contribution in [3.63, 3.8) is 0 Å². The molecule has 0 radical (unpaired) electrons. The Morgan fingerprint density at radius 2 is 2.00 bits per heavy atom. The van der Waals surface area contributed by atoms with Gasteiger partial charge in [-0.15, -0.1) is 0 Å². The summed E-state index contributed by atoms with van der Waals surface area (Å²) >= 11 is 11.9. The van der Waals surface area contributed by atoms with Crippen LogP contribution in [0.15, 0.2) is 24.3 Å². The van der Waals surface area contributed by atoms with Crippen LogP contribution in [0.5, 0.6) is 0 Å². The van der Waals surface area contributed by atoms with Crippen molar-refractivity contribution >= 4 is 23.2 Å². The lowest BCUT2D eigenvalue weighted by atomic mass is 10.0. The van der Waals surface area contributed by atoms with Crippen LogP contribution in [-0.2, 0) is 19.9 Å². The molecule has 19 heavy (non-hydrogen) atoms.